The molecule has 1 atom stereocenters. The van der Waals surface area contributed by atoms with Crippen LogP contribution in [0.4, 0.5) is 18.9 Å². The predicted molar refractivity (Wildman–Crippen MR) is 208 cm³/mol. The molecule has 5 aromatic rings. The molecule has 306 valence electrons. The maximum absolute atomic E-state index is 13.4. The Morgan fingerprint density at radius 3 is 2.48 bits per heavy atom. The highest BCUT2D eigenvalue weighted by molar-refractivity contribution is 6.05. The Labute approximate surface area is 331 Å². The first-order valence-electron chi connectivity index (χ1n) is 19.8. The molecule has 3 N–H and O–H groups in total. The van der Waals surface area contributed by atoms with Gasteiger partial charge in [0.2, 0.25) is 11.8 Å². The van der Waals surface area contributed by atoms with Gasteiger partial charge in [-0.1, -0.05) is 18.2 Å². The summed E-state index contributed by atoms with van der Waals surface area (Å²) in [6, 6.07) is 11.8. The lowest BCUT2D eigenvalue weighted by atomic mass is 9.84. The van der Waals surface area contributed by atoms with E-state index in [1.165, 1.54) is 6.07 Å². The lowest BCUT2D eigenvalue weighted by molar-refractivity contribution is -0.141. The summed E-state index contributed by atoms with van der Waals surface area (Å²) in [4.78, 5) is 57.0. The highest BCUT2D eigenvalue weighted by Gasteiger charge is 2.35. The number of benzene rings is 2. The zero-order chi connectivity index (χ0) is 40.7. The molecule has 0 radical (unpaired) electrons. The van der Waals surface area contributed by atoms with Crippen molar-refractivity contribution in [3.8, 4) is 5.75 Å². The summed E-state index contributed by atoms with van der Waals surface area (Å²) >= 11 is 0. The van der Waals surface area contributed by atoms with Crippen molar-refractivity contribution in [1.29, 1.82) is 0 Å². The van der Waals surface area contributed by atoms with Crippen molar-refractivity contribution < 1.29 is 37.4 Å². The Morgan fingerprint density at radius 2 is 1.76 bits per heavy atom. The summed E-state index contributed by atoms with van der Waals surface area (Å²) in [6.45, 7) is 2.55. The molecule has 2 aromatic carbocycles. The van der Waals surface area contributed by atoms with Gasteiger partial charge in [0.05, 0.1) is 34.9 Å². The number of ether oxygens (including phenoxy) is 1. The van der Waals surface area contributed by atoms with Crippen LogP contribution in [-0.4, -0.2) is 84.5 Å². The molecule has 2 saturated heterocycles. The maximum Gasteiger partial charge on any atom is 0.433 e. The van der Waals surface area contributed by atoms with Gasteiger partial charge in [-0.15, -0.1) is 0 Å². The summed E-state index contributed by atoms with van der Waals surface area (Å²) in [5.74, 6) is -0.550. The van der Waals surface area contributed by atoms with E-state index in [1.54, 1.807) is 28.3 Å². The van der Waals surface area contributed by atoms with Crippen LogP contribution in [0.5, 0.6) is 5.75 Å². The van der Waals surface area contributed by atoms with E-state index >= 15 is 0 Å². The lowest BCUT2D eigenvalue weighted by Crippen LogP contribution is -2.44. The molecule has 3 amide bonds. The quantitative estimate of drug-likeness (QED) is 0.159. The predicted octanol–water partition coefficient (Wildman–Crippen LogP) is 5.32. The van der Waals surface area contributed by atoms with Gasteiger partial charge in [-0.25, -0.2) is 9.78 Å². The average Bonchev–Trinajstić information content (AvgIpc) is 3.74. The van der Waals surface area contributed by atoms with E-state index in [0.717, 1.165) is 92.3 Å². The monoisotopic (exact) mass is 802 g/mol. The second-order valence-corrected chi connectivity index (χ2v) is 15.6. The molecule has 1 aliphatic carbocycles. The number of likely N-dealkylation sites (tertiary alicyclic amines) is 1. The molecule has 3 fully saturated rings. The van der Waals surface area contributed by atoms with Crippen LogP contribution in [0.2, 0.25) is 0 Å². The third kappa shape index (κ3) is 7.84. The van der Waals surface area contributed by atoms with Crippen LogP contribution < -0.4 is 21.1 Å². The van der Waals surface area contributed by atoms with E-state index in [9.17, 15) is 37.5 Å². The Hall–Kier alpha value is -5.55. The van der Waals surface area contributed by atoms with Crippen LogP contribution in [0.3, 0.4) is 0 Å². The number of halogens is 3. The zero-order valence-corrected chi connectivity index (χ0v) is 32.0. The standard InChI is InChI=1S/C41H45F3N8O6/c1-49-37-28(4-2-6-32(37)52(40(49)57)33-12-13-36(54)47-39(33)56)25-14-16-50(17-15-25)22-24-8-10-27(11-9-24)51-23-26-20-31(34(58-19-18-53)21-30(26)48-51)46-38(55)29-5-3-7-35(45-29)41(42,43)44/h2-7,20-21,23-25,27,33,53H,8-19,22H2,1H3,(H,46,55)(H,47,54,56). The Kier molecular flexibility index (Phi) is 10.8. The van der Waals surface area contributed by atoms with E-state index in [-0.39, 0.29) is 54.6 Å². The number of carbonyl (C=O) groups is 3. The topological polar surface area (TPSA) is 166 Å². The third-order valence-electron chi connectivity index (χ3n) is 11.9. The number of carbonyl (C=O) groups excluding carboxylic acids is 3. The molecule has 3 aliphatic rings. The molecular formula is C41H45F3N8O6. The van der Waals surface area contributed by atoms with Crippen LogP contribution in [0, 0.1) is 5.92 Å². The average molecular weight is 803 g/mol. The number of aliphatic hydroxyl groups is 1. The van der Waals surface area contributed by atoms with Gasteiger partial charge in [0.25, 0.3) is 5.91 Å². The number of piperidine rings is 2. The highest BCUT2D eigenvalue weighted by atomic mass is 19.4. The van der Waals surface area contributed by atoms with Gasteiger partial charge in [0, 0.05) is 37.7 Å². The van der Waals surface area contributed by atoms with Crippen molar-refractivity contribution in [3.63, 3.8) is 0 Å². The second kappa shape index (κ2) is 16.0. The first-order valence-corrected chi connectivity index (χ1v) is 19.8. The smallest absolute Gasteiger partial charge is 0.433 e. The number of imidazole rings is 1. The number of aryl methyl sites for hydroxylation is 1. The maximum atomic E-state index is 13.4. The number of rotatable bonds is 10. The summed E-state index contributed by atoms with van der Waals surface area (Å²) < 4.78 is 50.5. The minimum atomic E-state index is -4.70. The Morgan fingerprint density at radius 1 is 1.00 bits per heavy atom. The summed E-state index contributed by atoms with van der Waals surface area (Å²) in [5.41, 5.74) is 1.71. The number of para-hydroxylation sites is 1. The summed E-state index contributed by atoms with van der Waals surface area (Å²) in [6.07, 6.45) is 3.56. The molecular weight excluding hydrogens is 757 g/mol. The molecule has 0 bridgehead atoms. The van der Waals surface area contributed by atoms with Crippen LogP contribution in [0.25, 0.3) is 21.9 Å². The molecule has 8 rings (SSSR count). The van der Waals surface area contributed by atoms with Gasteiger partial charge in [0.1, 0.15) is 29.8 Å². The number of imide groups is 1. The fourth-order valence-electron chi connectivity index (χ4n) is 8.95. The molecule has 58 heavy (non-hydrogen) atoms. The van der Waals surface area contributed by atoms with Gasteiger partial charge in [0.15, 0.2) is 0 Å². The molecule has 2 aliphatic heterocycles. The fourth-order valence-corrected chi connectivity index (χ4v) is 8.95. The molecule has 1 unspecified atom stereocenters. The lowest BCUT2D eigenvalue weighted by Gasteiger charge is -2.37. The Bertz CT molecular complexity index is 2420. The number of pyridine rings is 1. The van der Waals surface area contributed by atoms with Crippen molar-refractivity contribution >= 4 is 45.3 Å². The van der Waals surface area contributed by atoms with E-state index in [2.05, 4.69) is 26.6 Å². The van der Waals surface area contributed by atoms with Crippen molar-refractivity contribution in [2.75, 3.05) is 38.2 Å². The normalized spacial score (nSPS) is 21.1. The number of alkyl halides is 3. The number of nitrogens with one attached hydrogen (secondary N) is 2. The van der Waals surface area contributed by atoms with Crippen LogP contribution in [0.1, 0.15) is 91.1 Å². The molecule has 5 heterocycles. The number of hydrogen-bond donors (Lipinski definition) is 3. The number of aliphatic hydroxyl groups excluding tert-OH is 1. The van der Waals surface area contributed by atoms with Gasteiger partial charge >= 0.3 is 11.9 Å². The van der Waals surface area contributed by atoms with Crippen molar-refractivity contribution in [2.24, 2.45) is 13.0 Å². The van der Waals surface area contributed by atoms with E-state index < -0.39 is 35.4 Å². The first kappa shape index (κ1) is 39.3. The largest absolute Gasteiger partial charge is 0.489 e. The van der Waals surface area contributed by atoms with Gasteiger partial charge < -0.3 is 20.1 Å². The number of fused-ring (bicyclic) bond motifs is 2. The van der Waals surface area contributed by atoms with E-state index in [0.29, 0.717) is 17.9 Å². The first-order chi connectivity index (χ1) is 27.9. The SMILES string of the molecule is Cn1c(=O)n(C2CCC(=O)NC2=O)c2cccc(C3CCN(CC4CCC(n5cc6cc(NC(=O)c7cccc(C(F)(F)F)n7)c(OCCO)cc6n5)CC4)CC3)c21. The van der Waals surface area contributed by atoms with Crippen molar-refractivity contribution in [3.05, 3.63) is 82.2 Å². The third-order valence-corrected chi connectivity index (χ3v) is 11.9. The minimum Gasteiger partial charge on any atom is -0.489 e. The van der Waals surface area contributed by atoms with E-state index in [1.807, 2.05) is 23.0 Å². The van der Waals surface area contributed by atoms with Crippen LogP contribution in [-0.2, 0) is 22.8 Å². The molecule has 1 saturated carbocycles. The van der Waals surface area contributed by atoms with Crippen molar-refractivity contribution in [2.45, 2.75) is 75.5 Å². The van der Waals surface area contributed by atoms with E-state index in [4.69, 9.17) is 9.84 Å². The zero-order valence-electron chi connectivity index (χ0n) is 32.0. The molecule has 14 nitrogen and oxygen atoms in total. The molecule has 17 heteroatoms. The van der Waals surface area contributed by atoms with Gasteiger partial charge in [-0.3, -0.25) is 33.5 Å². The molecule has 0 spiro atoms. The number of nitrogens with zero attached hydrogens (tertiary/aromatic N) is 6. The van der Waals surface area contributed by atoms with Crippen molar-refractivity contribution in [1.82, 2.24) is 34.1 Å². The Balaban J connectivity index is 0.889. The summed E-state index contributed by atoms with van der Waals surface area (Å²) in [7, 11) is 1.75. The van der Waals surface area contributed by atoms with Crippen LogP contribution >= 0.6 is 0 Å². The summed E-state index contributed by atoms with van der Waals surface area (Å²) in [5, 5.41) is 19.9. The molecule has 3 aromatic heterocycles. The van der Waals surface area contributed by atoms with Gasteiger partial charge in [-0.05, 0) is 99.7 Å². The number of aromatic nitrogens is 5. The number of amides is 3. The van der Waals surface area contributed by atoms with Crippen LogP contribution in [0.15, 0.2) is 59.5 Å². The minimum absolute atomic E-state index is 0.0591. The fraction of sp³-hybridized carbons (Fsp3) is 0.463. The number of anilines is 1. The second-order valence-electron chi connectivity index (χ2n) is 15.6. The highest BCUT2D eigenvalue weighted by Crippen LogP contribution is 2.38. The van der Waals surface area contributed by atoms with Gasteiger partial charge in [-0.2, -0.15) is 18.3 Å². The number of hydrogen-bond acceptors (Lipinski definition) is 9.